The number of thiophene rings is 1. The van der Waals surface area contributed by atoms with Crippen molar-refractivity contribution in [1.82, 2.24) is 16.0 Å². The first-order chi connectivity index (χ1) is 11.2. The van der Waals surface area contributed by atoms with Gasteiger partial charge >= 0.3 is 6.03 Å². The van der Waals surface area contributed by atoms with Crippen LogP contribution in [-0.4, -0.2) is 24.5 Å². The molecule has 0 spiro atoms. The molecular formula is C17H19N3O2S. The third-order valence-electron chi connectivity index (χ3n) is 3.92. The van der Waals surface area contributed by atoms with Gasteiger partial charge in [-0.1, -0.05) is 37.3 Å². The van der Waals surface area contributed by atoms with Gasteiger partial charge in [0.2, 0.25) is 5.91 Å². The summed E-state index contributed by atoms with van der Waals surface area (Å²) in [6.07, 6.45) is 0.982. The summed E-state index contributed by atoms with van der Waals surface area (Å²) < 4.78 is 0. The molecule has 0 radical (unpaired) electrons. The summed E-state index contributed by atoms with van der Waals surface area (Å²) in [5.74, 6) is -0.179. The Morgan fingerprint density at radius 1 is 1.35 bits per heavy atom. The molecule has 1 saturated heterocycles. The van der Waals surface area contributed by atoms with Crippen molar-refractivity contribution < 1.29 is 9.59 Å². The van der Waals surface area contributed by atoms with Crippen LogP contribution in [0.3, 0.4) is 0 Å². The van der Waals surface area contributed by atoms with Gasteiger partial charge in [-0.3, -0.25) is 4.79 Å². The minimum atomic E-state index is -0.528. The summed E-state index contributed by atoms with van der Waals surface area (Å²) in [5.41, 5.74) is 2.30. The fourth-order valence-electron chi connectivity index (χ4n) is 2.58. The van der Waals surface area contributed by atoms with Crippen LogP contribution in [0.4, 0.5) is 4.79 Å². The van der Waals surface area contributed by atoms with E-state index in [1.54, 1.807) is 11.3 Å². The van der Waals surface area contributed by atoms with Gasteiger partial charge in [0, 0.05) is 11.4 Å². The molecule has 0 unspecified atom stereocenters. The molecule has 0 aliphatic carbocycles. The molecule has 1 aromatic heterocycles. The monoisotopic (exact) mass is 329 g/mol. The highest BCUT2D eigenvalue weighted by Gasteiger charge is 2.29. The van der Waals surface area contributed by atoms with Crippen LogP contribution in [0.2, 0.25) is 0 Å². The van der Waals surface area contributed by atoms with Gasteiger partial charge in [0.15, 0.2) is 0 Å². The SMILES string of the molecule is CCc1ccc([C@H](NC(=O)[C@@H]2CNC(=O)N2)c2cccs2)cc1. The second kappa shape index (κ2) is 6.83. The van der Waals surface area contributed by atoms with Crippen LogP contribution in [0.1, 0.15) is 29.0 Å². The largest absolute Gasteiger partial charge is 0.343 e. The summed E-state index contributed by atoms with van der Waals surface area (Å²) in [4.78, 5) is 24.7. The van der Waals surface area contributed by atoms with Crippen LogP contribution >= 0.6 is 11.3 Å². The number of amides is 3. The molecular weight excluding hydrogens is 310 g/mol. The van der Waals surface area contributed by atoms with Crippen molar-refractivity contribution in [3.05, 3.63) is 57.8 Å². The Balaban J connectivity index is 1.81. The van der Waals surface area contributed by atoms with Gasteiger partial charge in [0.1, 0.15) is 6.04 Å². The number of benzene rings is 1. The van der Waals surface area contributed by atoms with Gasteiger partial charge in [0.25, 0.3) is 0 Å². The van der Waals surface area contributed by atoms with Crippen molar-refractivity contribution in [2.24, 2.45) is 0 Å². The lowest BCUT2D eigenvalue weighted by molar-refractivity contribution is -0.122. The number of aryl methyl sites for hydroxylation is 1. The van der Waals surface area contributed by atoms with Crippen LogP contribution < -0.4 is 16.0 Å². The topological polar surface area (TPSA) is 70.2 Å². The van der Waals surface area contributed by atoms with E-state index in [4.69, 9.17) is 0 Å². The van der Waals surface area contributed by atoms with Gasteiger partial charge in [-0.15, -0.1) is 11.3 Å². The smallest absolute Gasteiger partial charge is 0.315 e. The Morgan fingerprint density at radius 3 is 2.70 bits per heavy atom. The summed E-state index contributed by atoms with van der Waals surface area (Å²) >= 11 is 1.60. The molecule has 5 nitrogen and oxygen atoms in total. The standard InChI is InChI=1S/C17H19N3O2S/c1-2-11-5-7-12(8-6-11)15(14-4-3-9-23-14)20-16(21)13-10-18-17(22)19-13/h3-9,13,15H,2,10H2,1H3,(H,20,21)(H2,18,19,22)/t13-,15-/m0/s1. The average Bonchev–Trinajstić information content (AvgIpc) is 3.24. The van der Waals surface area contributed by atoms with Gasteiger partial charge in [-0.2, -0.15) is 0 Å². The molecule has 3 amide bonds. The molecule has 0 bridgehead atoms. The molecule has 1 aromatic carbocycles. The molecule has 3 N–H and O–H groups in total. The van der Waals surface area contributed by atoms with Crippen molar-refractivity contribution >= 4 is 23.3 Å². The molecule has 23 heavy (non-hydrogen) atoms. The molecule has 120 valence electrons. The zero-order valence-electron chi connectivity index (χ0n) is 12.8. The first-order valence-electron chi connectivity index (χ1n) is 7.64. The Morgan fingerprint density at radius 2 is 2.13 bits per heavy atom. The average molecular weight is 329 g/mol. The van der Waals surface area contributed by atoms with E-state index in [1.807, 2.05) is 17.5 Å². The predicted octanol–water partition coefficient (Wildman–Crippen LogP) is 2.20. The fraction of sp³-hybridized carbons (Fsp3) is 0.294. The third-order valence-corrected chi connectivity index (χ3v) is 4.86. The number of carbonyl (C=O) groups is 2. The van der Waals surface area contributed by atoms with Crippen LogP contribution in [0.5, 0.6) is 0 Å². The molecule has 2 aromatic rings. The summed E-state index contributed by atoms with van der Waals surface area (Å²) in [7, 11) is 0. The molecule has 1 fully saturated rings. The number of urea groups is 1. The van der Waals surface area contributed by atoms with Crippen molar-refractivity contribution in [3.8, 4) is 0 Å². The zero-order valence-corrected chi connectivity index (χ0v) is 13.7. The Bertz CT molecular complexity index is 682. The zero-order chi connectivity index (χ0) is 16.2. The highest BCUT2D eigenvalue weighted by molar-refractivity contribution is 7.10. The van der Waals surface area contributed by atoms with E-state index in [1.165, 1.54) is 5.56 Å². The molecule has 1 aliphatic rings. The maximum Gasteiger partial charge on any atom is 0.315 e. The lowest BCUT2D eigenvalue weighted by Crippen LogP contribution is -2.44. The van der Waals surface area contributed by atoms with E-state index in [9.17, 15) is 9.59 Å². The van der Waals surface area contributed by atoms with E-state index in [0.29, 0.717) is 6.54 Å². The van der Waals surface area contributed by atoms with Crippen LogP contribution in [0.25, 0.3) is 0 Å². The molecule has 1 aliphatic heterocycles. The minimum Gasteiger partial charge on any atom is -0.343 e. The second-order valence-corrected chi connectivity index (χ2v) is 6.44. The molecule has 0 saturated carbocycles. The number of carbonyl (C=O) groups excluding carboxylic acids is 2. The maximum absolute atomic E-state index is 12.4. The Labute approximate surface area is 139 Å². The quantitative estimate of drug-likeness (QED) is 0.787. The van der Waals surface area contributed by atoms with E-state index >= 15 is 0 Å². The molecule has 3 rings (SSSR count). The number of nitrogens with one attached hydrogen (secondary N) is 3. The Kier molecular flexibility index (Phi) is 4.62. The van der Waals surface area contributed by atoms with Crippen molar-refractivity contribution in [1.29, 1.82) is 0 Å². The fourth-order valence-corrected chi connectivity index (χ4v) is 3.38. The number of hydrogen-bond acceptors (Lipinski definition) is 3. The Hall–Kier alpha value is -2.34. The lowest BCUT2D eigenvalue weighted by Gasteiger charge is -2.20. The molecule has 2 atom stereocenters. The summed E-state index contributed by atoms with van der Waals surface area (Å²) in [6.45, 7) is 2.43. The van der Waals surface area contributed by atoms with Gasteiger partial charge in [0.05, 0.1) is 6.04 Å². The highest BCUT2D eigenvalue weighted by Crippen LogP contribution is 2.26. The van der Waals surface area contributed by atoms with E-state index in [-0.39, 0.29) is 18.0 Å². The van der Waals surface area contributed by atoms with Gasteiger partial charge in [-0.25, -0.2) is 4.79 Å². The molecule has 2 heterocycles. The minimum absolute atomic E-state index is 0.179. The highest BCUT2D eigenvalue weighted by atomic mass is 32.1. The van der Waals surface area contributed by atoms with Crippen molar-refractivity contribution in [3.63, 3.8) is 0 Å². The number of hydrogen-bond donors (Lipinski definition) is 3. The maximum atomic E-state index is 12.4. The second-order valence-electron chi connectivity index (χ2n) is 5.46. The number of rotatable bonds is 5. The normalized spacial score (nSPS) is 18.1. The van der Waals surface area contributed by atoms with Gasteiger partial charge < -0.3 is 16.0 Å². The summed E-state index contributed by atoms with van der Waals surface area (Å²) in [5, 5.41) is 10.3. The third kappa shape index (κ3) is 3.53. The predicted molar refractivity (Wildman–Crippen MR) is 90.4 cm³/mol. The van der Waals surface area contributed by atoms with Crippen LogP contribution in [0, 0.1) is 0 Å². The van der Waals surface area contributed by atoms with Crippen molar-refractivity contribution in [2.45, 2.75) is 25.4 Å². The first-order valence-corrected chi connectivity index (χ1v) is 8.52. The van der Waals surface area contributed by atoms with E-state index < -0.39 is 6.04 Å². The van der Waals surface area contributed by atoms with Crippen LogP contribution in [-0.2, 0) is 11.2 Å². The van der Waals surface area contributed by atoms with Gasteiger partial charge in [-0.05, 0) is 29.0 Å². The summed E-state index contributed by atoms with van der Waals surface area (Å²) in [6, 6.07) is 11.2. The van der Waals surface area contributed by atoms with Crippen LogP contribution in [0.15, 0.2) is 41.8 Å². The van der Waals surface area contributed by atoms with E-state index in [2.05, 4.69) is 47.1 Å². The molecule has 6 heteroatoms. The lowest BCUT2D eigenvalue weighted by atomic mass is 10.0. The van der Waals surface area contributed by atoms with Crippen molar-refractivity contribution in [2.75, 3.05) is 6.54 Å². The first kappa shape index (κ1) is 15.6. The van der Waals surface area contributed by atoms with E-state index in [0.717, 1.165) is 16.9 Å².